The van der Waals surface area contributed by atoms with Gasteiger partial charge in [-0.25, -0.2) is 4.79 Å². The van der Waals surface area contributed by atoms with Gasteiger partial charge in [0.25, 0.3) is 5.91 Å². The summed E-state index contributed by atoms with van der Waals surface area (Å²) in [6.07, 6.45) is 4.29. The quantitative estimate of drug-likeness (QED) is 0.627. The molecule has 1 aliphatic heterocycles. The second kappa shape index (κ2) is 10.5. The standard InChI is InChI=1S/C21H29ClN2O4/c1-14(2)6-4-7-15(3)23-19(25)13-28-21(27)16-9-10-17(22)18(12-16)24-11-5-8-20(24)26/h9-10,12,14-15H,4-8,11,13H2,1-3H3,(H,23,25). The maximum atomic E-state index is 12.3. The lowest BCUT2D eigenvalue weighted by molar-refractivity contribution is -0.124. The highest BCUT2D eigenvalue weighted by molar-refractivity contribution is 6.34. The van der Waals surface area contributed by atoms with Crippen LogP contribution in [-0.4, -0.2) is 37.0 Å². The number of anilines is 1. The summed E-state index contributed by atoms with van der Waals surface area (Å²) >= 11 is 6.18. The van der Waals surface area contributed by atoms with E-state index in [0.29, 0.717) is 29.6 Å². The Balaban J connectivity index is 1.86. The van der Waals surface area contributed by atoms with Crippen molar-refractivity contribution in [3.63, 3.8) is 0 Å². The van der Waals surface area contributed by atoms with Crippen LogP contribution < -0.4 is 10.2 Å². The molecule has 1 aromatic rings. The number of carbonyl (C=O) groups is 3. The van der Waals surface area contributed by atoms with E-state index in [2.05, 4.69) is 19.2 Å². The minimum Gasteiger partial charge on any atom is -0.452 e. The second-order valence-corrected chi connectivity index (χ2v) is 8.09. The van der Waals surface area contributed by atoms with E-state index in [-0.39, 0.29) is 30.0 Å². The number of rotatable bonds is 9. The summed E-state index contributed by atoms with van der Waals surface area (Å²) in [5.41, 5.74) is 0.763. The first-order valence-electron chi connectivity index (χ1n) is 9.84. The lowest BCUT2D eigenvalue weighted by Crippen LogP contribution is -2.35. The van der Waals surface area contributed by atoms with Gasteiger partial charge < -0.3 is 15.0 Å². The van der Waals surface area contributed by atoms with Crippen molar-refractivity contribution in [1.82, 2.24) is 5.32 Å². The average Bonchev–Trinajstić information content (AvgIpc) is 3.05. The molecule has 1 heterocycles. The second-order valence-electron chi connectivity index (χ2n) is 7.68. The molecule has 1 fully saturated rings. The average molecular weight is 409 g/mol. The summed E-state index contributed by atoms with van der Waals surface area (Å²) in [5.74, 6) is -0.316. The predicted octanol–water partition coefficient (Wildman–Crippen LogP) is 3.95. The predicted molar refractivity (Wildman–Crippen MR) is 110 cm³/mol. The van der Waals surface area contributed by atoms with E-state index in [0.717, 1.165) is 25.7 Å². The van der Waals surface area contributed by atoms with Crippen molar-refractivity contribution in [1.29, 1.82) is 0 Å². The zero-order chi connectivity index (χ0) is 20.7. The van der Waals surface area contributed by atoms with E-state index >= 15 is 0 Å². The van der Waals surface area contributed by atoms with Gasteiger partial charge in [-0.3, -0.25) is 9.59 Å². The molecule has 154 valence electrons. The molecule has 0 bridgehead atoms. The SMILES string of the molecule is CC(C)CCCC(C)NC(=O)COC(=O)c1ccc(Cl)c(N2CCCC2=O)c1. The minimum atomic E-state index is -0.618. The van der Waals surface area contributed by atoms with Gasteiger partial charge in [0.1, 0.15) is 0 Å². The molecule has 1 N–H and O–H groups in total. The third-order valence-corrected chi connectivity index (χ3v) is 5.03. The first-order chi connectivity index (χ1) is 13.3. The monoisotopic (exact) mass is 408 g/mol. The molecule has 1 atom stereocenters. The molecule has 0 aliphatic carbocycles. The Morgan fingerprint density at radius 3 is 2.64 bits per heavy atom. The van der Waals surface area contributed by atoms with Crippen molar-refractivity contribution in [2.45, 2.75) is 58.9 Å². The van der Waals surface area contributed by atoms with Crippen LogP contribution >= 0.6 is 11.6 Å². The van der Waals surface area contributed by atoms with Crippen molar-refractivity contribution in [3.8, 4) is 0 Å². The minimum absolute atomic E-state index is 0.0155. The first kappa shape index (κ1) is 22.2. The van der Waals surface area contributed by atoms with Crippen LogP contribution in [0, 0.1) is 5.92 Å². The lowest BCUT2D eigenvalue weighted by atomic mass is 10.0. The highest BCUT2D eigenvalue weighted by Gasteiger charge is 2.25. The number of carbonyl (C=O) groups excluding carboxylic acids is 3. The number of nitrogens with one attached hydrogen (secondary N) is 1. The van der Waals surface area contributed by atoms with Gasteiger partial charge >= 0.3 is 5.97 Å². The van der Waals surface area contributed by atoms with Gasteiger partial charge in [-0.1, -0.05) is 38.3 Å². The molecule has 0 radical (unpaired) electrons. The third-order valence-electron chi connectivity index (χ3n) is 4.71. The Morgan fingerprint density at radius 2 is 2.00 bits per heavy atom. The van der Waals surface area contributed by atoms with E-state index in [1.165, 1.54) is 6.07 Å². The Kier molecular flexibility index (Phi) is 8.30. The van der Waals surface area contributed by atoms with Gasteiger partial charge in [0, 0.05) is 19.0 Å². The Bertz CT molecular complexity index is 720. The van der Waals surface area contributed by atoms with Crippen LogP contribution in [0.25, 0.3) is 0 Å². The number of hydrogen-bond donors (Lipinski definition) is 1. The summed E-state index contributed by atoms with van der Waals surface area (Å²) in [6.45, 7) is 6.52. The number of amides is 2. The summed E-state index contributed by atoms with van der Waals surface area (Å²) in [4.78, 5) is 37.8. The fraction of sp³-hybridized carbons (Fsp3) is 0.571. The highest BCUT2D eigenvalue weighted by atomic mass is 35.5. The van der Waals surface area contributed by atoms with E-state index in [1.54, 1.807) is 17.0 Å². The van der Waals surface area contributed by atoms with Crippen LogP contribution in [0.4, 0.5) is 5.69 Å². The molecule has 2 amide bonds. The molecule has 0 saturated carbocycles. The van der Waals surface area contributed by atoms with Crippen LogP contribution in [0.3, 0.4) is 0 Å². The topological polar surface area (TPSA) is 75.7 Å². The Labute approximate surface area is 171 Å². The fourth-order valence-corrected chi connectivity index (χ4v) is 3.40. The Hall–Kier alpha value is -2.08. The van der Waals surface area contributed by atoms with Gasteiger partial charge in [0.2, 0.25) is 5.91 Å². The van der Waals surface area contributed by atoms with Crippen LogP contribution in [0.1, 0.15) is 63.2 Å². The maximum Gasteiger partial charge on any atom is 0.338 e. The van der Waals surface area contributed by atoms with Crippen molar-refractivity contribution < 1.29 is 19.1 Å². The molecular formula is C21H29ClN2O4. The molecule has 7 heteroatoms. The molecule has 0 spiro atoms. The van der Waals surface area contributed by atoms with Gasteiger partial charge in [0.05, 0.1) is 16.3 Å². The summed E-state index contributed by atoms with van der Waals surface area (Å²) < 4.78 is 5.12. The molecule has 1 aliphatic rings. The Morgan fingerprint density at radius 1 is 1.25 bits per heavy atom. The van der Waals surface area contributed by atoms with Gasteiger partial charge in [-0.15, -0.1) is 0 Å². The molecule has 0 aromatic heterocycles. The van der Waals surface area contributed by atoms with Crippen molar-refractivity contribution in [2.24, 2.45) is 5.92 Å². The molecule has 1 unspecified atom stereocenters. The summed E-state index contributed by atoms with van der Waals surface area (Å²) in [6, 6.07) is 4.67. The molecule has 2 rings (SSSR count). The van der Waals surface area contributed by atoms with Gasteiger partial charge in [-0.05, 0) is 43.9 Å². The number of hydrogen-bond acceptors (Lipinski definition) is 4. The fourth-order valence-electron chi connectivity index (χ4n) is 3.18. The first-order valence-corrected chi connectivity index (χ1v) is 10.2. The van der Waals surface area contributed by atoms with Crippen LogP contribution in [-0.2, 0) is 14.3 Å². The van der Waals surface area contributed by atoms with Crippen molar-refractivity contribution in [3.05, 3.63) is 28.8 Å². The van der Waals surface area contributed by atoms with E-state index in [4.69, 9.17) is 16.3 Å². The van der Waals surface area contributed by atoms with Crippen LogP contribution in [0.2, 0.25) is 5.02 Å². The number of benzene rings is 1. The number of halogens is 1. The normalized spacial score (nSPS) is 15.0. The molecule has 6 nitrogen and oxygen atoms in total. The summed E-state index contributed by atoms with van der Waals surface area (Å²) in [7, 11) is 0. The molecule has 1 saturated heterocycles. The maximum absolute atomic E-state index is 12.3. The van der Waals surface area contributed by atoms with Crippen molar-refractivity contribution >= 4 is 35.1 Å². The zero-order valence-corrected chi connectivity index (χ0v) is 17.6. The molecule has 1 aromatic carbocycles. The number of esters is 1. The highest BCUT2D eigenvalue weighted by Crippen LogP contribution is 2.30. The summed E-state index contributed by atoms with van der Waals surface area (Å²) in [5, 5.41) is 3.24. The molecule has 28 heavy (non-hydrogen) atoms. The lowest BCUT2D eigenvalue weighted by Gasteiger charge is -2.18. The van der Waals surface area contributed by atoms with Gasteiger partial charge in [0.15, 0.2) is 6.61 Å². The third kappa shape index (κ3) is 6.51. The van der Waals surface area contributed by atoms with E-state index < -0.39 is 5.97 Å². The largest absolute Gasteiger partial charge is 0.452 e. The van der Waals surface area contributed by atoms with Crippen LogP contribution in [0.15, 0.2) is 18.2 Å². The molecular weight excluding hydrogens is 380 g/mol. The smallest absolute Gasteiger partial charge is 0.338 e. The van der Waals surface area contributed by atoms with Crippen LogP contribution in [0.5, 0.6) is 0 Å². The van der Waals surface area contributed by atoms with E-state index in [9.17, 15) is 14.4 Å². The van der Waals surface area contributed by atoms with Crippen molar-refractivity contribution in [2.75, 3.05) is 18.1 Å². The number of nitrogens with zero attached hydrogens (tertiary/aromatic N) is 1. The van der Waals surface area contributed by atoms with E-state index in [1.807, 2.05) is 6.92 Å². The zero-order valence-electron chi connectivity index (χ0n) is 16.8. The number of ether oxygens (including phenoxy) is 1. The van der Waals surface area contributed by atoms with Gasteiger partial charge in [-0.2, -0.15) is 0 Å².